The van der Waals surface area contributed by atoms with Crippen LogP contribution in [0.25, 0.3) is 11.0 Å². The molecule has 0 fully saturated rings. The van der Waals surface area contributed by atoms with Crippen molar-refractivity contribution in [1.29, 1.82) is 0 Å². The van der Waals surface area contributed by atoms with Gasteiger partial charge in [-0.15, -0.1) is 0 Å². The first kappa shape index (κ1) is 16.9. The van der Waals surface area contributed by atoms with Crippen LogP contribution in [-0.4, -0.2) is 12.6 Å². The highest BCUT2D eigenvalue weighted by Gasteiger charge is 2.16. The third kappa shape index (κ3) is 4.12. The monoisotopic (exact) mass is 338 g/mol. The first-order valence-electron chi connectivity index (χ1n) is 8.41. The van der Waals surface area contributed by atoms with Crippen LogP contribution in [-0.2, 0) is 6.54 Å². The number of para-hydroxylation sites is 1. The van der Waals surface area contributed by atoms with Crippen molar-refractivity contribution in [1.82, 2.24) is 10.6 Å². The first-order chi connectivity index (χ1) is 12.2. The van der Waals surface area contributed by atoms with E-state index in [1.165, 1.54) is 0 Å². The minimum atomic E-state index is -0.252. The number of fused-ring (bicyclic) bond motifs is 1. The summed E-state index contributed by atoms with van der Waals surface area (Å²) in [6.07, 6.45) is 0. The van der Waals surface area contributed by atoms with Crippen LogP contribution in [0.2, 0.25) is 0 Å². The molecule has 1 aromatic heterocycles. The van der Waals surface area contributed by atoms with Crippen LogP contribution in [0.4, 0.5) is 4.79 Å². The molecule has 25 heavy (non-hydrogen) atoms. The van der Waals surface area contributed by atoms with E-state index in [0.29, 0.717) is 30.2 Å². The number of furan rings is 1. The lowest BCUT2D eigenvalue weighted by molar-refractivity contribution is 0.236. The molecule has 0 unspecified atom stereocenters. The number of rotatable bonds is 6. The molecule has 5 heteroatoms. The van der Waals surface area contributed by atoms with E-state index in [-0.39, 0.29) is 12.1 Å². The number of urea groups is 1. The molecule has 1 heterocycles. The zero-order valence-corrected chi connectivity index (χ0v) is 14.4. The van der Waals surface area contributed by atoms with E-state index < -0.39 is 0 Å². The Morgan fingerprint density at radius 1 is 1.16 bits per heavy atom. The van der Waals surface area contributed by atoms with Crippen molar-refractivity contribution in [2.45, 2.75) is 26.4 Å². The van der Waals surface area contributed by atoms with Gasteiger partial charge in [-0.05, 0) is 31.5 Å². The second kappa shape index (κ2) is 7.75. The number of carbonyl (C=O) groups is 1. The lowest BCUT2D eigenvalue weighted by atomic mass is 10.2. The molecule has 1 atom stereocenters. The molecule has 0 aliphatic heterocycles. The maximum absolute atomic E-state index is 12.1. The summed E-state index contributed by atoms with van der Waals surface area (Å²) in [5.74, 6) is 1.41. The van der Waals surface area contributed by atoms with Gasteiger partial charge < -0.3 is 19.8 Å². The molecule has 2 amide bonds. The molecule has 0 spiro atoms. The van der Waals surface area contributed by atoms with E-state index in [1.807, 2.05) is 68.4 Å². The predicted molar refractivity (Wildman–Crippen MR) is 97.6 cm³/mol. The molecule has 3 aromatic rings. The molecule has 0 aliphatic carbocycles. The standard InChI is InChI=1S/C20H22N2O3/c1-3-24-17-11-7-10-16-12-18(25-19(16)17)14(2)22-20(23)21-13-15-8-5-4-6-9-15/h4-12,14H,3,13H2,1-2H3,(H2,21,22,23)/t14-/m0/s1. The summed E-state index contributed by atoms with van der Waals surface area (Å²) in [6.45, 7) is 4.88. The van der Waals surface area contributed by atoms with Crippen molar-refractivity contribution in [2.75, 3.05) is 6.61 Å². The molecule has 0 aliphatic rings. The minimum absolute atomic E-state index is 0.234. The van der Waals surface area contributed by atoms with Crippen molar-refractivity contribution in [3.8, 4) is 5.75 Å². The molecule has 130 valence electrons. The fourth-order valence-corrected chi connectivity index (χ4v) is 2.64. The topological polar surface area (TPSA) is 63.5 Å². The molecular formula is C20H22N2O3. The van der Waals surface area contributed by atoms with Crippen LogP contribution in [0.3, 0.4) is 0 Å². The number of hydrogen-bond donors (Lipinski definition) is 2. The average Bonchev–Trinajstić information content (AvgIpc) is 3.07. The van der Waals surface area contributed by atoms with Gasteiger partial charge in [0.25, 0.3) is 0 Å². The average molecular weight is 338 g/mol. The summed E-state index contributed by atoms with van der Waals surface area (Å²) >= 11 is 0. The number of amides is 2. The quantitative estimate of drug-likeness (QED) is 0.700. The number of carbonyl (C=O) groups excluding carboxylic acids is 1. The van der Waals surface area contributed by atoms with Gasteiger partial charge >= 0.3 is 6.03 Å². The molecule has 0 bridgehead atoms. The van der Waals surface area contributed by atoms with E-state index in [2.05, 4.69) is 10.6 Å². The fraction of sp³-hybridized carbons (Fsp3) is 0.250. The summed E-state index contributed by atoms with van der Waals surface area (Å²) in [5.41, 5.74) is 1.76. The van der Waals surface area contributed by atoms with Crippen molar-refractivity contribution < 1.29 is 13.9 Å². The van der Waals surface area contributed by atoms with Gasteiger partial charge in [0, 0.05) is 11.9 Å². The largest absolute Gasteiger partial charge is 0.490 e. The first-order valence-corrected chi connectivity index (χ1v) is 8.41. The number of benzene rings is 2. The Hall–Kier alpha value is -2.95. The van der Waals surface area contributed by atoms with Gasteiger partial charge in [0.2, 0.25) is 0 Å². The van der Waals surface area contributed by atoms with Crippen LogP contribution in [0.5, 0.6) is 5.75 Å². The molecule has 0 saturated carbocycles. The lowest BCUT2D eigenvalue weighted by Gasteiger charge is -2.12. The minimum Gasteiger partial charge on any atom is -0.490 e. The van der Waals surface area contributed by atoms with Crippen molar-refractivity contribution in [3.63, 3.8) is 0 Å². The zero-order valence-electron chi connectivity index (χ0n) is 14.4. The van der Waals surface area contributed by atoms with Gasteiger partial charge in [-0.1, -0.05) is 42.5 Å². The Balaban J connectivity index is 1.64. The smallest absolute Gasteiger partial charge is 0.315 e. The van der Waals surface area contributed by atoms with Crippen LogP contribution in [0, 0.1) is 0 Å². The van der Waals surface area contributed by atoms with E-state index in [4.69, 9.17) is 9.15 Å². The third-order valence-corrected chi connectivity index (χ3v) is 3.90. The number of nitrogens with one attached hydrogen (secondary N) is 2. The lowest BCUT2D eigenvalue weighted by Crippen LogP contribution is -2.36. The highest BCUT2D eigenvalue weighted by molar-refractivity contribution is 5.84. The number of hydrogen-bond acceptors (Lipinski definition) is 3. The summed E-state index contributed by atoms with van der Waals surface area (Å²) in [7, 11) is 0. The normalized spacial score (nSPS) is 11.9. The summed E-state index contributed by atoms with van der Waals surface area (Å²) in [6, 6.07) is 17.0. The Morgan fingerprint density at radius 2 is 1.96 bits per heavy atom. The molecule has 2 aromatic carbocycles. The SMILES string of the molecule is CCOc1cccc2cc([C@H](C)NC(=O)NCc3ccccc3)oc12. The maximum atomic E-state index is 12.1. The summed E-state index contributed by atoms with van der Waals surface area (Å²) < 4.78 is 11.5. The second-order valence-electron chi connectivity index (χ2n) is 5.79. The van der Waals surface area contributed by atoms with Gasteiger partial charge in [0.15, 0.2) is 11.3 Å². The van der Waals surface area contributed by atoms with Crippen LogP contribution in [0.1, 0.15) is 31.2 Å². The highest BCUT2D eigenvalue weighted by Crippen LogP contribution is 2.31. The Bertz CT molecular complexity index is 843. The van der Waals surface area contributed by atoms with E-state index in [1.54, 1.807) is 0 Å². The van der Waals surface area contributed by atoms with Gasteiger partial charge in [-0.25, -0.2) is 4.79 Å². The summed E-state index contributed by atoms with van der Waals surface area (Å²) in [4.78, 5) is 12.1. The second-order valence-corrected chi connectivity index (χ2v) is 5.79. The molecular weight excluding hydrogens is 316 g/mol. The molecule has 0 radical (unpaired) electrons. The van der Waals surface area contributed by atoms with Crippen LogP contribution < -0.4 is 15.4 Å². The van der Waals surface area contributed by atoms with Crippen molar-refractivity contribution in [2.24, 2.45) is 0 Å². The van der Waals surface area contributed by atoms with Gasteiger partial charge in [0.1, 0.15) is 5.76 Å². The Labute approximate surface area is 147 Å². The van der Waals surface area contributed by atoms with Gasteiger partial charge in [-0.3, -0.25) is 0 Å². The Morgan fingerprint density at radius 3 is 2.72 bits per heavy atom. The van der Waals surface area contributed by atoms with Gasteiger partial charge in [-0.2, -0.15) is 0 Å². The Kier molecular flexibility index (Phi) is 5.23. The molecule has 5 nitrogen and oxygen atoms in total. The fourth-order valence-electron chi connectivity index (χ4n) is 2.64. The summed E-state index contributed by atoms with van der Waals surface area (Å²) in [5, 5.41) is 6.70. The highest BCUT2D eigenvalue weighted by atomic mass is 16.5. The van der Waals surface area contributed by atoms with Crippen LogP contribution in [0.15, 0.2) is 59.0 Å². The third-order valence-electron chi connectivity index (χ3n) is 3.90. The van der Waals surface area contributed by atoms with E-state index >= 15 is 0 Å². The molecule has 2 N–H and O–H groups in total. The van der Waals surface area contributed by atoms with Gasteiger partial charge in [0.05, 0.1) is 12.6 Å². The van der Waals surface area contributed by atoms with Crippen molar-refractivity contribution in [3.05, 3.63) is 65.9 Å². The van der Waals surface area contributed by atoms with Crippen LogP contribution >= 0.6 is 0 Å². The van der Waals surface area contributed by atoms with E-state index in [0.717, 1.165) is 10.9 Å². The predicted octanol–water partition coefficient (Wildman–Crippen LogP) is 4.39. The zero-order chi connectivity index (χ0) is 17.6. The maximum Gasteiger partial charge on any atom is 0.315 e. The number of ether oxygens (including phenoxy) is 1. The molecule has 0 saturated heterocycles. The van der Waals surface area contributed by atoms with E-state index in [9.17, 15) is 4.79 Å². The molecule has 3 rings (SSSR count). The van der Waals surface area contributed by atoms with Crippen molar-refractivity contribution >= 4 is 17.0 Å².